The van der Waals surface area contributed by atoms with Crippen LogP contribution in [0, 0.1) is 5.92 Å². The number of nitrogens with two attached hydrogens (primary N) is 1. The molecule has 0 unspecified atom stereocenters. The topological polar surface area (TPSA) is 101 Å². The zero-order valence-corrected chi connectivity index (χ0v) is 16.6. The molecule has 3 N–H and O–H groups in total. The molecule has 1 fully saturated rings. The number of likely N-dealkylation sites (tertiary alicyclic amines) is 1. The van der Waals surface area contributed by atoms with Gasteiger partial charge in [0.1, 0.15) is 11.5 Å². The number of rotatable bonds is 3. The van der Waals surface area contributed by atoms with Crippen LogP contribution in [-0.2, 0) is 11.8 Å². The van der Waals surface area contributed by atoms with Crippen LogP contribution in [0.3, 0.4) is 0 Å². The molecule has 2 atom stereocenters. The highest BCUT2D eigenvalue weighted by Gasteiger charge is 2.31. The third kappa shape index (κ3) is 5.00. The number of halogens is 2. The summed E-state index contributed by atoms with van der Waals surface area (Å²) in [6.45, 7) is 0.530. The van der Waals surface area contributed by atoms with Crippen molar-refractivity contribution in [2.24, 2.45) is 18.7 Å². The smallest absolute Gasteiger partial charge is 0.308 e. The first kappa shape index (κ1) is 23.0. The lowest BCUT2D eigenvalue weighted by molar-refractivity contribution is -0.142. The van der Waals surface area contributed by atoms with Crippen molar-refractivity contribution in [3.63, 3.8) is 0 Å². The van der Waals surface area contributed by atoms with Gasteiger partial charge < -0.3 is 20.3 Å². The van der Waals surface area contributed by atoms with Crippen molar-refractivity contribution in [3.05, 3.63) is 42.2 Å². The van der Waals surface area contributed by atoms with E-state index in [-0.39, 0.29) is 43.3 Å². The van der Waals surface area contributed by atoms with Crippen molar-refractivity contribution in [1.29, 1.82) is 0 Å². The molecule has 9 heteroatoms. The van der Waals surface area contributed by atoms with Crippen LogP contribution in [0.15, 0.2) is 36.5 Å². The highest BCUT2D eigenvalue weighted by atomic mass is 35.5. The molecule has 0 saturated carbocycles. The fraction of sp³-hybridized carbons (Fsp3) is 0.389. The molecule has 7 nitrogen and oxygen atoms in total. The predicted octanol–water partition coefficient (Wildman–Crippen LogP) is 2.19. The van der Waals surface area contributed by atoms with Crippen molar-refractivity contribution in [1.82, 2.24) is 14.5 Å². The normalized spacial score (nSPS) is 19.4. The van der Waals surface area contributed by atoms with Gasteiger partial charge in [0.05, 0.1) is 12.1 Å². The number of aliphatic carboxylic acids is 1. The van der Waals surface area contributed by atoms with E-state index < -0.39 is 11.9 Å². The fourth-order valence-electron chi connectivity index (χ4n) is 3.21. The Bertz CT molecular complexity index is 782. The highest BCUT2D eigenvalue weighted by molar-refractivity contribution is 5.93. The third-order valence-electron chi connectivity index (χ3n) is 4.66. The zero-order chi connectivity index (χ0) is 18.0. The van der Waals surface area contributed by atoms with Gasteiger partial charge in [0.25, 0.3) is 5.91 Å². The Morgan fingerprint density at radius 2 is 1.81 bits per heavy atom. The molecule has 0 radical (unpaired) electrons. The minimum Gasteiger partial charge on any atom is -0.481 e. The fourth-order valence-corrected chi connectivity index (χ4v) is 3.21. The lowest BCUT2D eigenvalue weighted by atomic mass is 10.0. The van der Waals surface area contributed by atoms with Crippen molar-refractivity contribution >= 4 is 36.7 Å². The first-order chi connectivity index (χ1) is 12.0. The highest BCUT2D eigenvalue weighted by Crippen LogP contribution is 2.22. The van der Waals surface area contributed by atoms with Crippen LogP contribution < -0.4 is 5.73 Å². The molecule has 1 aliphatic rings. The number of aromatic nitrogens is 2. The van der Waals surface area contributed by atoms with E-state index in [1.165, 1.54) is 6.20 Å². The molecule has 1 aromatic carbocycles. The van der Waals surface area contributed by atoms with E-state index in [2.05, 4.69) is 4.98 Å². The Hall–Kier alpha value is -2.09. The Morgan fingerprint density at radius 3 is 2.44 bits per heavy atom. The molecule has 2 heterocycles. The summed E-state index contributed by atoms with van der Waals surface area (Å²) in [5.74, 6) is -1.01. The van der Waals surface area contributed by atoms with Gasteiger partial charge in [-0.2, -0.15) is 0 Å². The summed E-state index contributed by atoms with van der Waals surface area (Å²) in [5, 5.41) is 9.33. The number of benzene rings is 1. The molecular weight excluding hydrogens is 391 g/mol. The van der Waals surface area contributed by atoms with E-state index in [4.69, 9.17) is 5.73 Å². The number of carboxylic acid groups (broad SMARTS) is 1. The lowest BCUT2D eigenvalue weighted by Gasteiger charge is -2.24. The van der Waals surface area contributed by atoms with E-state index in [0.29, 0.717) is 30.9 Å². The van der Waals surface area contributed by atoms with Crippen LogP contribution in [0.5, 0.6) is 0 Å². The number of hydrogen-bond acceptors (Lipinski definition) is 4. The van der Waals surface area contributed by atoms with Crippen molar-refractivity contribution in [3.8, 4) is 11.4 Å². The summed E-state index contributed by atoms with van der Waals surface area (Å²) in [4.78, 5) is 30.2. The van der Waals surface area contributed by atoms with E-state index in [9.17, 15) is 14.7 Å². The molecule has 148 valence electrons. The maximum absolute atomic E-state index is 12.9. The number of amides is 1. The standard InChI is InChI=1S/C18H22N4O3.2ClH/c1-21-15(9-20-16(21)12-5-3-2-4-6-12)17(23)22-10-13(18(24)25)7-8-14(19)11-22;;/h2-6,9,13-14H,7-8,10-11,19H2,1H3,(H,24,25);2*1H/t13-,14+;;/m0../s1. The van der Waals surface area contributed by atoms with Crippen LogP contribution in [0.2, 0.25) is 0 Å². The number of carbonyl (C=O) groups is 2. The molecule has 0 spiro atoms. The summed E-state index contributed by atoms with van der Waals surface area (Å²) in [6, 6.07) is 9.39. The van der Waals surface area contributed by atoms with Gasteiger partial charge in [-0.1, -0.05) is 30.3 Å². The van der Waals surface area contributed by atoms with Gasteiger partial charge in [0.15, 0.2) is 0 Å². The van der Waals surface area contributed by atoms with Gasteiger partial charge >= 0.3 is 5.97 Å². The zero-order valence-electron chi connectivity index (χ0n) is 14.9. The first-order valence-corrected chi connectivity index (χ1v) is 8.32. The average molecular weight is 415 g/mol. The van der Waals surface area contributed by atoms with Gasteiger partial charge in [-0.3, -0.25) is 9.59 Å². The maximum Gasteiger partial charge on any atom is 0.308 e. The quantitative estimate of drug-likeness (QED) is 0.801. The number of hydrogen-bond donors (Lipinski definition) is 2. The summed E-state index contributed by atoms with van der Waals surface area (Å²) in [6.07, 6.45) is 2.62. The molecule has 0 bridgehead atoms. The van der Waals surface area contributed by atoms with Gasteiger partial charge in [0.2, 0.25) is 0 Å². The third-order valence-corrected chi connectivity index (χ3v) is 4.66. The van der Waals surface area contributed by atoms with E-state index in [1.54, 1.807) is 16.5 Å². The minimum absolute atomic E-state index is 0. The summed E-state index contributed by atoms with van der Waals surface area (Å²) in [5.41, 5.74) is 7.37. The molecule has 27 heavy (non-hydrogen) atoms. The lowest BCUT2D eigenvalue weighted by Crippen LogP contribution is -2.42. The van der Waals surface area contributed by atoms with Crippen LogP contribution in [0.4, 0.5) is 0 Å². The van der Waals surface area contributed by atoms with Crippen molar-refractivity contribution in [2.45, 2.75) is 18.9 Å². The van der Waals surface area contributed by atoms with E-state index in [0.717, 1.165) is 5.56 Å². The maximum atomic E-state index is 12.9. The van der Waals surface area contributed by atoms with E-state index >= 15 is 0 Å². The second-order valence-electron chi connectivity index (χ2n) is 6.47. The molecule has 3 rings (SSSR count). The van der Waals surface area contributed by atoms with Crippen LogP contribution in [0.1, 0.15) is 23.3 Å². The minimum atomic E-state index is -0.887. The Kier molecular flexibility index (Phi) is 8.27. The monoisotopic (exact) mass is 414 g/mol. The van der Waals surface area contributed by atoms with Crippen molar-refractivity contribution < 1.29 is 14.7 Å². The summed E-state index contributed by atoms with van der Waals surface area (Å²) >= 11 is 0. The predicted molar refractivity (Wildman–Crippen MR) is 107 cm³/mol. The average Bonchev–Trinajstić information content (AvgIpc) is 2.86. The summed E-state index contributed by atoms with van der Waals surface area (Å²) in [7, 11) is 1.79. The number of nitrogens with zero attached hydrogens (tertiary/aromatic N) is 3. The number of imidazole rings is 1. The largest absolute Gasteiger partial charge is 0.481 e. The number of carbonyl (C=O) groups excluding carboxylic acids is 1. The second kappa shape index (κ2) is 9.73. The number of carboxylic acids is 1. The van der Waals surface area contributed by atoms with Gasteiger partial charge in [-0.15, -0.1) is 24.8 Å². The molecule has 1 aliphatic heterocycles. The van der Waals surface area contributed by atoms with Crippen LogP contribution in [0.25, 0.3) is 11.4 Å². The van der Waals surface area contributed by atoms with Crippen LogP contribution >= 0.6 is 24.8 Å². The van der Waals surface area contributed by atoms with Gasteiger partial charge in [-0.05, 0) is 12.8 Å². The molecule has 1 aromatic heterocycles. The van der Waals surface area contributed by atoms with Gasteiger partial charge in [0, 0.05) is 31.7 Å². The molecule has 2 aromatic rings. The van der Waals surface area contributed by atoms with Crippen molar-refractivity contribution in [2.75, 3.05) is 13.1 Å². The first-order valence-electron chi connectivity index (χ1n) is 8.32. The Balaban J connectivity index is 0.00000182. The Morgan fingerprint density at radius 1 is 1.15 bits per heavy atom. The Labute approximate surface area is 170 Å². The summed E-state index contributed by atoms with van der Waals surface area (Å²) < 4.78 is 1.74. The molecule has 1 amide bonds. The van der Waals surface area contributed by atoms with E-state index in [1.807, 2.05) is 30.3 Å². The molecular formula is C18H24Cl2N4O3. The SMILES string of the molecule is Cl.Cl.Cn1c(C(=O)N2C[C@H](N)CC[C@H](C(=O)O)C2)cnc1-c1ccccc1. The second-order valence-corrected chi connectivity index (χ2v) is 6.47. The van der Waals surface area contributed by atoms with Gasteiger partial charge in [-0.25, -0.2) is 4.98 Å². The molecule has 0 aliphatic carbocycles. The molecule has 1 saturated heterocycles. The van der Waals surface area contributed by atoms with Crippen LogP contribution in [-0.4, -0.2) is 50.6 Å².